The topological polar surface area (TPSA) is 29.5 Å². The molecule has 1 aromatic carbocycles. The van der Waals surface area contributed by atoms with Crippen molar-refractivity contribution in [1.29, 1.82) is 0 Å². The van der Waals surface area contributed by atoms with Gasteiger partial charge in [0.1, 0.15) is 5.60 Å². The van der Waals surface area contributed by atoms with E-state index in [0.29, 0.717) is 6.54 Å². The highest BCUT2D eigenvalue weighted by atomic mass is 28.1. The molecule has 1 amide bonds. The third kappa shape index (κ3) is 3.06. The number of rotatable bonds is 4. The van der Waals surface area contributed by atoms with E-state index in [1.807, 2.05) is 37.8 Å². The number of ether oxygens (including phenoxy) is 1. The third-order valence-corrected chi connectivity index (χ3v) is 4.29. The largest absolute Gasteiger partial charge is 0.443 e. The van der Waals surface area contributed by atoms with Crippen LogP contribution < -0.4 is 0 Å². The molecule has 1 aromatic rings. The molecule has 1 heterocycles. The Morgan fingerprint density at radius 3 is 2.80 bits per heavy atom. The summed E-state index contributed by atoms with van der Waals surface area (Å²) in [5, 5.41) is 0. The first-order chi connectivity index (χ1) is 9.48. The van der Waals surface area contributed by atoms with E-state index < -0.39 is 5.60 Å². The monoisotopic (exact) mass is 288 g/mol. The third-order valence-electron chi connectivity index (χ3n) is 4.00. The van der Waals surface area contributed by atoms with E-state index >= 15 is 0 Å². The molecule has 2 rings (SSSR count). The van der Waals surface area contributed by atoms with Crippen LogP contribution in [0.2, 0.25) is 6.04 Å². The quantitative estimate of drug-likeness (QED) is 0.788. The highest BCUT2D eigenvalue weighted by Gasteiger charge is 2.35. The zero-order valence-electron chi connectivity index (χ0n) is 12.5. The summed E-state index contributed by atoms with van der Waals surface area (Å²) in [6.07, 6.45) is 1.50. The van der Waals surface area contributed by atoms with Gasteiger partial charge in [0.15, 0.2) is 0 Å². The second-order valence-electron chi connectivity index (χ2n) is 5.86. The van der Waals surface area contributed by atoms with Gasteiger partial charge in [0.25, 0.3) is 0 Å². The SMILES string of the molecule is CCC(C)(C)OC(=O)N1Cc2ccccc2C1CC[Si]. The molecule has 1 unspecified atom stereocenters. The summed E-state index contributed by atoms with van der Waals surface area (Å²) >= 11 is 0. The van der Waals surface area contributed by atoms with Crippen molar-refractivity contribution in [2.45, 2.75) is 57.8 Å². The molecule has 4 heteroatoms. The van der Waals surface area contributed by atoms with Crippen molar-refractivity contribution < 1.29 is 9.53 Å². The van der Waals surface area contributed by atoms with Crippen LogP contribution in [0.1, 0.15) is 50.8 Å². The molecule has 3 nitrogen and oxygen atoms in total. The Morgan fingerprint density at radius 1 is 1.45 bits per heavy atom. The second-order valence-corrected chi connectivity index (χ2v) is 6.36. The predicted octanol–water partition coefficient (Wildman–Crippen LogP) is 3.85. The van der Waals surface area contributed by atoms with Crippen molar-refractivity contribution in [2.24, 2.45) is 0 Å². The van der Waals surface area contributed by atoms with E-state index in [9.17, 15) is 4.79 Å². The first-order valence-corrected chi connectivity index (χ1v) is 7.91. The highest BCUT2D eigenvalue weighted by molar-refractivity contribution is 6.08. The van der Waals surface area contributed by atoms with Gasteiger partial charge < -0.3 is 4.74 Å². The smallest absolute Gasteiger partial charge is 0.411 e. The Labute approximate surface area is 124 Å². The minimum atomic E-state index is -0.412. The number of fused-ring (bicyclic) bond motifs is 1. The predicted molar refractivity (Wildman–Crippen MR) is 80.8 cm³/mol. The molecule has 1 atom stereocenters. The average Bonchev–Trinajstić information content (AvgIpc) is 2.78. The molecule has 0 saturated heterocycles. The number of carbonyl (C=O) groups excluding carboxylic acids is 1. The van der Waals surface area contributed by atoms with Crippen LogP contribution in [0.3, 0.4) is 0 Å². The molecule has 0 N–H and O–H groups in total. The van der Waals surface area contributed by atoms with Crippen LogP contribution in [-0.4, -0.2) is 26.8 Å². The molecule has 20 heavy (non-hydrogen) atoms. The average molecular weight is 288 g/mol. The lowest BCUT2D eigenvalue weighted by molar-refractivity contribution is 0.00417. The summed E-state index contributed by atoms with van der Waals surface area (Å²) in [5.41, 5.74) is 2.06. The first kappa shape index (κ1) is 15.1. The van der Waals surface area contributed by atoms with Gasteiger partial charge in [0.2, 0.25) is 0 Å². The van der Waals surface area contributed by atoms with E-state index in [1.54, 1.807) is 0 Å². The second kappa shape index (κ2) is 6.00. The van der Waals surface area contributed by atoms with Gasteiger partial charge in [-0.15, -0.1) is 0 Å². The fraction of sp³-hybridized carbons (Fsp3) is 0.562. The molecular weight excluding hydrogens is 266 g/mol. The Balaban J connectivity index is 2.18. The van der Waals surface area contributed by atoms with Crippen LogP contribution in [0, 0.1) is 0 Å². The normalized spacial score (nSPS) is 18.0. The van der Waals surface area contributed by atoms with Gasteiger partial charge in [-0.25, -0.2) is 4.79 Å². The Morgan fingerprint density at radius 2 is 2.15 bits per heavy atom. The van der Waals surface area contributed by atoms with Gasteiger partial charge >= 0.3 is 6.09 Å². The Hall–Kier alpha value is -1.29. The zero-order chi connectivity index (χ0) is 14.8. The minimum absolute atomic E-state index is 0.115. The van der Waals surface area contributed by atoms with Gasteiger partial charge in [-0.2, -0.15) is 0 Å². The lowest BCUT2D eigenvalue weighted by Gasteiger charge is -2.30. The molecular formula is C16H22NO2Si. The maximum atomic E-state index is 12.5. The van der Waals surface area contributed by atoms with Crippen molar-refractivity contribution in [2.75, 3.05) is 0 Å². The van der Waals surface area contributed by atoms with Gasteiger partial charge in [0.05, 0.1) is 6.04 Å². The molecule has 107 valence electrons. The van der Waals surface area contributed by atoms with Gasteiger partial charge in [-0.1, -0.05) is 37.2 Å². The van der Waals surface area contributed by atoms with E-state index in [2.05, 4.69) is 22.4 Å². The minimum Gasteiger partial charge on any atom is -0.443 e. The summed E-state index contributed by atoms with van der Waals surface area (Å²) < 4.78 is 5.65. The van der Waals surface area contributed by atoms with Crippen LogP contribution >= 0.6 is 0 Å². The zero-order valence-corrected chi connectivity index (χ0v) is 13.5. The fourth-order valence-electron chi connectivity index (χ4n) is 2.47. The summed E-state index contributed by atoms with van der Waals surface area (Å²) in [5.74, 6) is 0. The number of hydrogen-bond acceptors (Lipinski definition) is 2. The Bertz CT molecular complexity index is 487. The molecule has 0 saturated carbocycles. The highest BCUT2D eigenvalue weighted by Crippen LogP contribution is 2.37. The van der Waals surface area contributed by atoms with E-state index in [-0.39, 0.29) is 12.1 Å². The van der Waals surface area contributed by atoms with Crippen molar-refractivity contribution in [3.05, 3.63) is 35.4 Å². The molecule has 1 aliphatic heterocycles. The van der Waals surface area contributed by atoms with Crippen molar-refractivity contribution in [1.82, 2.24) is 4.90 Å². The van der Waals surface area contributed by atoms with Crippen molar-refractivity contribution in [3.63, 3.8) is 0 Å². The van der Waals surface area contributed by atoms with E-state index in [4.69, 9.17) is 4.74 Å². The Kier molecular flexibility index (Phi) is 4.53. The van der Waals surface area contributed by atoms with Gasteiger partial charge in [0, 0.05) is 16.8 Å². The first-order valence-electron chi connectivity index (χ1n) is 7.20. The van der Waals surface area contributed by atoms with E-state index in [0.717, 1.165) is 18.9 Å². The molecule has 0 aromatic heterocycles. The molecule has 0 bridgehead atoms. The number of carbonyl (C=O) groups is 1. The fourth-order valence-corrected chi connectivity index (χ4v) is 2.75. The van der Waals surface area contributed by atoms with Crippen LogP contribution in [0.4, 0.5) is 4.79 Å². The van der Waals surface area contributed by atoms with Gasteiger partial charge in [-0.05, 0) is 37.8 Å². The molecule has 0 aliphatic carbocycles. The lowest BCUT2D eigenvalue weighted by Crippen LogP contribution is -2.37. The number of hydrogen-bond donors (Lipinski definition) is 0. The van der Waals surface area contributed by atoms with Crippen molar-refractivity contribution >= 4 is 16.3 Å². The maximum absolute atomic E-state index is 12.5. The number of amides is 1. The summed E-state index contributed by atoms with van der Waals surface area (Å²) in [4.78, 5) is 14.3. The van der Waals surface area contributed by atoms with Gasteiger partial charge in [-0.3, -0.25) is 4.90 Å². The van der Waals surface area contributed by atoms with Crippen LogP contribution in [0.5, 0.6) is 0 Å². The van der Waals surface area contributed by atoms with Crippen LogP contribution in [-0.2, 0) is 11.3 Å². The molecule has 1 aliphatic rings. The molecule has 3 radical (unpaired) electrons. The standard InChI is InChI=1S/C16H22NO2Si/c1-4-16(2,3)19-15(18)17-11-12-7-5-6-8-13(12)14(17)9-10-20/h5-8,14H,4,9-11H2,1-3H3. The van der Waals surface area contributed by atoms with Crippen molar-refractivity contribution in [3.8, 4) is 0 Å². The summed E-state index contributed by atoms with van der Waals surface area (Å²) in [7, 11) is 3.53. The summed E-state index contributed by atoms with van der Waals surface area (Å²) in [6, 6.07) is 9.23. The molecule has 0 spiro atoms. The van der Waals surface area contributed by atoms with Crippen LogP contribution in [0.25, 0.3) is 0 Å². The summed E-state index contributed by atoms with van der Waals surface area (Å²) in [6.45, 7) is 6.58. The number of nitrogens with zero attached hydrogens (tertiary/aromatic N) is 1. The maximum Gasteiger partial charge on any atom is 0.411 e. The number of benzene rings is 1. The molecule has 0 fully saturated rings. The lowest BCUT2D eigenvalue weighted by atomic mass is 10.0. The van der Waals surface area contributed by atoms with E-state index in [1.165, 1.54) is 11.1 Å². The van der Waals surface area contributed by atoms with Crippen LogP contribution in [0.15, 0.2) is 24.3 Å².